The van der Waals surface area contributed by atoms with Crippen LogP contribution in [0.1, 0.15) is 24.5 Å². The zero-order valence-electron chi connectivity index (χ0n) is 13.1. The van der Waals surface area contributed by atoms with Crippen molar-refractivity contribution in [3.63, 3.8) is 0 Å². The highest BCUT2D eigenvalue weighted by molar-refractivity contribution is 7.89. The number of hydrogen-bond donors (Lipinski definition) is 1. The second-order valence-electron chi connectivity index (χ2n) is 5.88. The van der Waals surface area contributed by atoms with Gasteiger partial charge in [0.05, 0.1) is 12.0 Å². The number of rotatable bonds is 3. The van der Waals surface area contributed by atoms with Crippen LogP contribution in [0.15, 0.2) is 17.0 Å². The second-order valence-corrected chi connectivity index (χ2v) is 7.76. The van der Waals surface area contributed by atoms with Crippen LogP contribution in [-0.2, 0) is 10.0 Å². The number of nitrogens with two attached hydrogens (primary N) is 1. The molecule has 2 N–H and O–H groups in total. The molecule has 0 bridgehead atoms. The molecule has 21 heavy (non-hydrogen) atoms. The van der Waals surface area contributed by atoms with E-state index in [0.717, 1.165) is 6.42 Å². The summed E-state index contributed by atoms with van der Waals surface area (Å²) in [6.45, 7) is 6.58. The van der Waals surface area contributed by atoms with E-state index in [2.05, 4.69) is 6.92 Å². The standard InChI is InChI=1S/C15H24N2O3S/c1-10-5-6-17(9-14(10)16)21(18,19)15-11(2)7-13(20-4)8-12(15)3/h7-8,10,14H,5-6,9,16H2,1-4H3. The third kappa shape index (κ3) is 3.07. The third-order valence-corrected chi connectivity index (χ3v) is 6.42. The molecule has 1 aromatic carbocycles. The van der Waals surface area contributed by atoms with Crippen LogP contribution in [0, 0.1) is 19.8 Å². The summed E-state index contributed by atoms with van der Waals surface area (Å²) >= 11 is 0. The average molecular weight is 312 g/mol. The Morgan fingerprint density at radius 3 is 2.33 bits per heavy atom. The number of sulfonamides is 1. The molecule has 118 valence electrons. The largest absolute Gasteiger partial charge is 0.497 e. The fourth-order valence-corrected chi connectivity index (χ4v) is 4.75. The summed E-state index contributed by atoms with van der Waals surface area (Å²) < 4.78 is 32.5. The van der Waals surface area contributed by atoms with Gasteiger partial charge in [0.2, 0.25) is 10.0 Å². The van der Waals surface area contributed by atoms with Crippen LogP contribution in [0.2, 0.25) is 0 Å². The first-order valence-electron chi connectivity index (χ1n) is 7.18. The van der Waals surface area contributed by atoms with Gasteiger partial charge in [0.1, 0.15) is 5.75 Å². The van der Waals surface area contributed by atoms with Gasteiger partial charge < -0.3 is 10.5 Å². The second kappa shape index (κ2) is 5.94. The maximum atomic E-state index is 12.9. The van der Waals surface area contributed by atoms with Crippen molar-refractivity contribution in [1.82, 2.24) is 4.31 Å². The lowest BCUT2D eigenvalue weighted by molar-refractivity contribution is 0.253. The van der Waals surface area contributed by atoms with Crippen molar-refractivity contribution in [2.75, 3.05) is 20.2 Å². The van der Waals surface area contributed by atoms with E-state index in [1.165, 1.54) is 4.31 Å². The number of benzene rings is 1. The fourth-order valence-electron chi connectivity index (χ4n) is 2.85. The van der Waals surface area contributed by atoms with E-state index >= 15 is 0 Å². The Labute approximate surface area is 127 Å². The summed E-state index contributed by atoms with van der Waals surface area (Å²) in [6, 6.07) is 3.41. The SMILES string of the molecule is COc1cc(C)c(S(=O)(=O)N2CCC(C)C(N)C2)c(C)c1. The van der Waals surface area contributed by atoms with E-state index in [4.69, 9.17) is 10.5 Å². The number of piperidine rings is 1. The van der Waals surface area contributed by atoms with Crippen LogP contribution >= 0.6 is 0 Å². The lowest BCUT2D eigenvalue weighted by Crippen LogP contribution is -2.49. The summed E-state index contributed by atoms with van der Waals surface area (Å²) in [5.74, 6) is 1.03. The van der Waals surface area contributed by atoms with Crippen LogP contribution in [0.4, 0.5) is 0 Å². The number of hydrogen-bond acceptors (Lipinski definition) is 4. The van der Waals surface area contributed by atoms with Gasteiger partial charge in [0, 0.05) is 19.1 Å². The van der Waals surface area contributed by atoms with Gasteiger partial charge >= 0.3 is 0 Å². The van der Waals surface area contributed by atoms with Crippen LogP contribution in [0.3, 0.4) is 0 Å². The lowest BCUT2D eigenvalue weighted by Gasteiger charge is -2.34. The topological polar surface area (TPSA) is 72.6 Å². The molecule has 0 amide bonds. The van der Waals surface area contributed by atoms with Crippen molar-refractivity contribution < 1.29 is 13.2 Å². The van der Waals surface area contributed by atoms with E-state index < -0.39 is 10.0 Å². The number of nitrogens with zero attached hydrogens (tertiary/aromatic N) is 1. The summed E-state index contributed by atoms with van der Waals surface area (Å²) in [4.78, 5) is 0.380. The van der Waals surface area contributed by atoms with Gasteiger partial charge in [-0.1, -0.05) is 6.92 Å². The molecule has 1 heterocycles. The maximum absolute atomic E-state index is 12.9. The lowest BCUT2D eigenvalue weighted by atomic mass is 9.96. The minimum Gasteiger partial charge on any atom is -0.497 e. The molecule has 1 aromatic rings. The molecule has 0 saturated carbocycles. The number of methoxy groups -OCH3 is 1. The van der Waals surface area contributed by atoms with Crippen LogP contribution < -0.4 is 10.5 Å². The first-order valence-corrected chi connectivity index (χ1v) is 8.62. The Morgan fingerprint density at radius 2 is 1.86 bits per heavy atom. The van der Waals surface area contributed by atoms with Crippen LogP contribution in [0.25, 0.3) is 0 Å². The number of ether oxygens (including phenoxy) is 1. The molecule has 0 aromatic heterocycles. The van der Waals surface area contributed by atoms with Crippen LogP contribution in [-0.4, -0.2) is 39.0 Å². The Balaban J connectivity index is 2.41. The summed E-state index contributed by atoms with van der Waals surface area (Å²) in [6.07, 6.45) is 0.800. The molecule has 0 radical (unpaired) electrons. The predicted molar refractivity (Wildman–Crippen MR) is 83.0 cm³/mol. The zero-order chi connectivity index (χ0) is 15.8. The summed E-state index contributed by atoms with van der Waals surface area (Å²) in [5, 5.41) is 0. The van der Waals surface area contributed by atoms with Gasteiger partial charge in [0.25, 0.3) is 0 Å². The molecule has 5 nitrogen and oxygen atoms in total. The normalized spacial score (nSPS) is 24.0. The molecular weight excluding hydrogens is 288 g/mol. The fraction of sp³-hybridized carbons (Fsp3) is 0.600. The van der Waals surface area contributed by atoms with Crippen molar-refractivity contribution in [3.8, 4) is 5.75 Å². The van der Waals surface area contributed by atoms with Gasteiger partial charge in [-0.2, -0.15) is 4.31 Å². The quantitative estimate of drug-likeness (QED) is 0.921. The van der Waals surface area contributed by atoms with E-state index in [0.29, 0.717) is 40.8 Å². The van der Waals surface area contributed by atoms with E-state index in [9.17, 15) is 8.42 Å². The highest BCUT2D eigenvalue weighted by Crippen LogP contribution is 2.30. The first-order chi connectivity index (χ1) is 9.77. The molecule has 1 aliphatic rings. The summed E-state index contributed by atoms with van der Waals surface area (Å²) in [7, 11) is -1.93. The Kier molecular flexibility index (Phi) is 4.60. The maximum Gasteiger partial charge on any atom is 0.243 e. The Bertz CT molecular complexity index is 605. The molecular formula is C15H24N2O3S. The van der Waals surface area contributed by atoms with E-state index in [1.54, 1.807) is 33.1 Å². The molecule has 0 aliphatic carbocycles. The first kappa shape index (κ1) is 16.3. The highest BCUT2D eigenvalue weighted by Gasteiger charge is 2.33. The smallest absolute Gasteiger partial charge is 0.243 e. The van der Waals surface area contributed by atoms with Gasteiger partial charge in [-0.05, 0) is 49.4 Å². The third-order valence-electron chi connectivity index (χ3n) is 4.25. The van der Waals surface area contributed by atoms with Crippen LogP contribution in [0.5, 0.6) is 5.75 Å². The van der Waals surface area contributed by atoms with Gasteiger partial charge in [-0.25, -0.2) is 8.42 Å². The molecule has 1 saturated heterocycles. The van der Waals surface area contributed by atoms with Gasteiger partial charge in [-0.15, -0.1) is 0 Å². The molecule has 0 spiro atoms. The molecule has 1 fully saturated rings. The monoisotopic (exact) mass is 312 g/mol. The minimum absolute atomic E-state index is 0.104. The molecule has 6 heteroatoms. The predicted octanol–water partition coefficient (Wildman–Crippen LogP) is 1.67. The Morgan fingerprint density at radius 1 is 1.29 bits per heavy atom. The van der Waals surface area contributed by atoms with Crippen molar-refractivity contribution >= 4 is 10.0 Å². The van der Waals surface area contributed by atoms with Crippen molar-refractivity contribution in [3.05, 3.63) is 23.3 Å². The molecule has 2 rings (SSSR count). The average Bonchev–Trinajstić information content (AvgIpc) is 2.40. The number of aryl methyl sites for hydroxylation is 2. The van der Waals surface area contributed by atoms with Gasteiger partial charge in [-0.3, -0.25) is 0 Å². The van der Waals surface area contributed by atoms with Crippen molar-refractivity contribution in [2.45, 2.75) is 38.1 Å². The summed E-state index contributed by atoms with van der Waals surface area (Å²) in [5.41, 5.74) is 7.45. The highest BCUT2D eigenvalue weighted by atomic mass is 32.2. The Hall–Kier alpha value is -1.11. The molecule has 1 aliphatic heterocycles. The van der Waals surface area contributed by atoms with E-state index in [-0.39, 0.29) is 6.04 Å². The van der Waals surface area contributed by atoms with Crippen molar-refractivity contribution in [1.29, 1.82) is 0 Å². The molecule has 2 atom stereocenters. The van der Waals surface area contributed by atoms with E-state index in [1.807, 2.05) is 0 Å². The zero-order valence-corrected chi connectivity index (χ0v) is 13.9. The molecule has 2 unspecified atom stereocenters. The minimum atomic E-state index is -3.51. The van der Waals surface area contributed by atoms with Gasteiger partial charge in [0.15, 0.2) is 0 Å². The van der Waals surface area contributed by atoms with Crippen molar-refractivity contribution in [2.24, 2.45) is 11.7 Å².